The second kappa shape index (κ2) is 8.08. The molecule has 4 rings (SSSR count). The van der Waals surface area contributed by atoms with E-state index < -0.39 is 5.91 Å². The zero-order valence-electron chi connectivity index (χ0n) is 15.9. The van der Waals surface area contributed by atoms with E-state index in [1.165, 1.54) is 16.1 Å². The van der Waals surface area contributed by atoms with Gasteiger partial charge in [0.15, 0.2) is 16.6 Å². The maximum absolute atomic E-state index is 13.2. The fourth-order valence-corrected chi connectivity index (χ4v) is 3.53. The zero-order valence-corrected chi connectivity index (χ0v) is 16.7. The van der Waals surface area contributed by atoms with Crippen LogP contribution in [-0.2, 0) is 16.1 Å². The number of ether oxygens (including phenoxy) is 2. The summed E-state index contributed by atoms with van der Waals surface area (Å²) in [5.41, 5.74) is 0.729. The molecule has 1 fully saturated rings. The minimum absolute atomic E-state index is 0.0557. The summed E-state index contributed by atoms with van der Waals surface area (Å²) in [6.07, 6.45) is 4.80. The number of carbonyl (C=O) groups excluding carboxylic acids is 2. The summed E-state index contributed by atoms with van der Waals surface area (Å²) < 4.78 is 16.1. The molecule has 2 aromatic rings. The number of unbranched alkanes of at least 4 members (excludes halogenated alkanes) is 1. The van der Waals surface area contributed by atoms with Gasteiger partial charge in [0.05, 0.1) is 12.8 Å². The molecule has 2 aliphatic rings. The molecule has 0 aliphatic carbocycles. The van der Waals surface area contributed by atoms with Crippen molar-refractivity contribution in [3.8, 4) is 11.5 Å². The number of benzene rings is 1. The van der Waals surface area contributed by atoms with E-state index in [-0.39, 0.29) is 29.9 Å². The predicted molar refractivity (Wildman–Crippen MR) is 109 cm³/mol. The van der Waals surface area contributed by atoms with Crippen molar-refractivity contribution in [1.29, 1.82) is 0 Å². The molecule has 0 unspecified atom stereocenters. The Hall–Kier alpha value is -3.13. The van der Waals surface area contributed by atoms with E-state index in [1.807, 2.05) is 6.92 Å². The second-order valence-electron chi connectivity index (χ2n) is 6.73. The van der Waals surface area contributed by atoms with Crippen LogP contribution < -0.4 is 9.47 Å². The molecule has 8 heteroatoms. The van der Waals surface area contributed by atoms with Crippen LogP contribution in [0.3, 0.4) is 0 Å². The van der Waals surface area contributed by atoms with Crippen LogP contribution in [0.4, 0.5) is 0 Å². The second-order valence-corrected chi connectivity index (χ2v) is 7.10. The van der Waals surface area contributed by atoms with Crippen molar-refractivity contribution in [2.75, 3.05) is 13.3 Å². The molecule has 29 heavy (non-hydrogen) atoms. The highest BCUT2D eigenvalue weighted by molar-refractivity contribution is 7.80. The molecule has 2 aliphatic heterocycles. The van der Waals surface area contributed by atoms with E-state index in [0.717, 1.165) is 12.8 Å². The van der Waals surface area contributed by atoms with Gasteiger partial charge in [-0.05, 0) is 54.5 Å². The van der Waals surface area contributed by atoms with Crippen LogP contribution in [-0.4, -0.2) is 40.1 Å². The predicted octanol–water partition coefficient (Wildman–Crippen LogP) is 3.35. The number of nitrogens with zero attached hydrogens (tertiary/aromatic N) is 2. The Bertz CT molecular complexity index is 983. The van der Waals surface area contributed by atoms with Gasteiger partial charge >= 0.3 is 0 Å². The highest BCUT2D eigenvalue weighted by atomic mass is 32.1. The fourth-order valence-electron chi connectivity index (χ4n) is 3.21. The molecule has 0 radical (unpaired) electrons. The molecule has 0 spiro atoms. The molecule has 0 bridgehead atoms. The zero-order chi connectivity index (χ0) is 20.4. The number of thiocarbonyl (C=S) groups is 1. The van der Waals surface area contributed by atoms with E-state index in [1.54, 1.807) is 36.4 Å². The van der Waals surface area contributed by atoms with Gasteiger partial charge in [0.1, 0.15) is 11.3 Å². The van der Waals surface area contributed by atoms with Gasteiger partial charge in [-0.15, -0.1) is 0 Å². The van der Waals surface area contributed by atoms with Crippen LogP contribution in [0.1, 0.15) is 31.1 Å². The quantitative estimate of drug-likeness (QED) is 0.412. The van der Waals surface area contributed by atoms with Crippen molar-refractivity contribution in [3.05, 3.63) is 53.5 Å². The molecule has 1 saturated heterocycles. The molecule has 150 valence electrons. The Morgan fingerprint density at radius 3 is 2.66 bits per heavy atom. The topological polar surface area (TPSA) is 72.2 Å². The Balaban J connectivity index is 1.69. The highest BCUT2D eigenvalue weighted by Crippen LogP contribution is 2.33. The summed E-state index contributed by atoms with van der Waals surface area (Å²) in [5.74, 6) is 0.982. The van der Waals surface area contributed by atoms with Crippen molar-refractivity contribution in [2.45, 2.75) is 26.3 Å². The number of amides is 2. The van der Waals surface area contributed by atoms with Gasteiger partial charge in [0.2, 0.25) is 6.79 Å². The molecule has 0 atom stereocenters. The molecule has 0 saturated carbocycles. The smallest absolute Gasteiger partial charge is 0.266 e. The standard InChI is InChI=1S/C21H20N2O5S/c1-2-3-8-22-19(24)16(10-14-6-7-17-18(11-14)28-13-27-17)20(25)23(21(22)29)12-15-5-4-9-26-15/h4-7,9-11H,2-3,8,12-13H2,1H3/b16-10-. The third kappa shape index (κ3) is 3.75. The minimum Gasteiger partial charge on any atom is -0.467 e. The Morgan fingerprint density at radius 2 is 1.90 bits per heavy atom. The SMILES string of the molecule is CCCCN1C(=O)/C(=C/c2ccc3c(c2)OCO3)C(=O)N(Cc2ccco2)C1=S. The van der Waals surface area contributed by atoms with Crippen LogP contribution in [0.15, 0.2) is 46.6 Å². The molecule has 7 nitrogen and oxygen atoms in total. The Labute approximate surface area is 173 Å². The van der Waals surface area contributed by atoms with Crippen LogP contribution in [0.2, 0.25) is 0 Å². The van der Waals surface area contributed by atoms with Gasteiger partial charge in [-0.25, -0.2) is 0 Å². The molecule has 3 heterocycles. The molecular formula is C21H20N2O5S. The van der Waals surface area contributed by atoms with Crippen molar-refractivity contribution in [3.63, 3.8) is 0 Å². The number of rotatable bonds is 6. The van der Waals surface area contributed by atoms with Crippen molar-refractivity contribution in [2.24, 2.45) is 0 Å². The Morgan fingerprint density at radius 1 is 1.10 bits per heavy atom. The van der Waals surface area contributed by atoms with Crippen LogP contribution in [0.25, 0.3) is 6.08 Å². The fraction of sp³-hybridized carbons (Fsp3) is 0.286. The summed E-state index contributed by atoms with van der Waals surface area (Å²) in [6, 6.07) is 8.80. The van der Waals surface area contributed by atoms with Gasteiger partial charge in [-0.2, -0.15) is 0 Å². The van der Waals surface area contributed by atoms with Crippen molar-refractivity contribution >= 4 is 35.2 Å². The van der Waals surface area contributed by atoms with Gasteiger partial charge < -0.3 is 13.9 Å². The first kappa shape index (κ1) is 19.2. The summed E-state index contributed by atoms with van der Waals surface area (Å²) in [6.45, 7) is 2.81. The van der Waals surface area contributed by atoms with E-state index in [0.29, 0.717) is 29.4 Å². The van der Waals surface area contributed by atoms with E-state index in [4.69, 9.17) is 26.1 Å². The first-order valence-corrected chi connectivity index (χ1v) is 9.80. The van der Waals surface area contributed by atoms with Crippen LogP contribution in [0, 0.1) is 0 Å². The summed E-state index contributed by atoms with van der Waals surface area (Å²) in [7, 11) is 0. The van der Waals surface area contributed by atoms with Crippen molar-refractivity contribution < 1.29 is 23.5 Å². The third-order valence-corrected chi connectivity index (χ3v) is 5.19. The van der Waals surface area contributed by atoms with Crippen LogP contribution in [0.5, 0.6) is 11.5 Å². The van der Waals surface area contributed by atoms with E-state index >= 15 is 0 Å². The van der Waals surface area contributed by atoms with Crippen molar-refractivity contribution in [1.82, 2.24) is 9.80 Å². The van der Waals surface area contributed by atoms with Gasteiger partial charge in [-0.3, -0.25) is 19.4 Å². The van der Waals surface area contributed by atoms with E-state index in [2.05, 4.69) is 0 Å². The molecule has 1 aromatic carbocycles. The maximum Gasteiger partial charge on any atom is 0.266 e. The summed E-state index contributed by atoms with van der Waals surface area (Å²) in [4.78, 5) is 29.1. The number of furan rings is 1. The van der Waals surface area contributed by atoms with Gasteiger partial charge in [0, 0.05) is 6.54 Å². The van der Waals surface area contributed by atoms with Crippen LogP contribution >= 0.6 is 12.2 Å². The normalized spacial score (nSPS) is 17.6. The number of fused-ring (bicyclic) bond motifs is 1. The number of hydrogen-bond donors (Lipinski definition) is 0. The molecular weight excluding hydrogens is 392 g/mol. The number of hydrogen-bond acceptors (Lipinski definition) is 6. The first-order chi connectivity index (χ1) is 14.1. The monoisotopic (exact) mass is 412 g/mol. The highest BCUT2D eigenvalue weighted by Gasteiger charge is 2.39. The molecule has 0 N–H and O–H groups in total. The molecule has 1 aromatic heterocycles. The average molecular weight is 412 g/mol. The summed E-state index contributed by atoms with van der Waals surface area (Å²) in [5, 5.41) is 0.202. The van der Waals surface area contributed by atoms with Gasteiger partial charge in [-0.1, -0.05) is 19.4 Å². The lowest BCUT2D eigenvalue weighted by Crippen LogP contribution is -2.55. The minimum atomic E-state index is -0.443. The third-order valence-electron chi connectivity index (χ3n) is 4.75. The molecule has 2 amide bonds. The first-order valence-electron chi connectivity index (χ1n) is 9.40. The number of carbonyl (C=O) groups is 2. The summed E-state index contributed by atoms with van der Waals surface area (Å²) >= 11 is 5.48. The largest absolute Gasteiger partial charge is 0.467 e. The lowest BCUT2D eigenvalue weighted by Gasteiger charge is -2.36. The van der Waals surface area contributed by atoms with E-state index in [9.17, 15) is 9.59 Å². The van der Waals surface area contributed by atoms with Gasteiger partial charge in [0.25, 0.3) is 11.8 Å². The lowest BCUT2D eigenvalue weighted by molar-refractivity contribution is -0.134. The average Bonchev–Trinajstić information content (AvgIpc) is 3.40. The maximum atomic E-state index is 13.2. The Kier molecular flexibility index (Phi) is 5.35. The lowest BCUT2D eigenvalue weighted by atomic mass is 10.1.